The van der Waals surface area contributed by atoms with Crippen molar-refractivity contribution >= 4 is 6.08 Å². The second-order valence-corrected chi connectivity index (χ2v) is 3.01. The number of ether oxygens (including phenoxy) is 2. The molecular weight excluding hydrogens is 188 g/mol. The maximum atomic E-state index is 5.20. The predicted octanol–water partition coefficient (Wildman–Crippen LogP) is 3.26. The zero-order valence-electron chi connectivity index (χ0n) is 9.19. The van der Waals surface area contributed by atoms with E-state index in [1.54, 1.807) is 7.11 Å². The molecule has 0 unspecified atom stereocenters. The number of hydrogen-bond acceptors (Lipinski definition) is 2. The zero-order chi connectivity index (χ0) is 11.1. The Morgan fingerprint density at radius 2 is 2.00 bits per heavy atom. The van der Waals surface area contributed by atoms with Crippen molar-refractivity contribution in [2.24, 2.45) is 0 Å². The van der Waals surface area contributed by atoms with Gasteiger partial charge in [0.2, 0.25) is 0 Å². The first-order valence-corrected chi connectivity index (χ1v) is 4.90. The van der Waals surface area contributed by atoms with Gasteiger partial charge in [-0.05, 0) is 30.7 Å². The molecule has 0 saturated heterocycles. The minimum Gasteiger partial charge on any atom is -0.497 e. The van der Waals surface area contributed by atoms with Crippen molar-refractivity contribution < 1.29 is 9.47 Å². The SMILES string of the molecule is C=C(/C=C/c1ccc(OC)cc1)OCC. The van der Waals surface area contributed by atoms with E-state index in [1.807, 2.05) is 43.3 Å². The molecular formula is C13H16O2. The highest BCUT2D eigenvalue weighted by atomic mass is 16.5. The van der Waals surface area contributed by atoms with Gasteiger partial charge in [0.15, 0.2) is 0 Å². The summed E-state index contributed by atoms with van der Waals surface area (Å²) in [5.41, 5.74) is 1.09. The van der Waals surface area contributed by atoms with Gasteiger partial charge in [-0.1, -0.05) is 24.8 Å². The van der Waals surface area contributed by atoms with Gasteiger partial charge in [-0.15, -0.1) is 0 Å². The molecule has 0 radical (unpaired) electrons. The van der Waals surface area contributed by atoms with Gasteiger partial charge >= 0.3 is 0 Å². The molecule has 0 bridgehead atoms. The van der Waals surface area contributed by atoms with Crippen molar-refractivity contribution in [1.29, 1.82) is 0 Å². The fourth-order valence-corrected chi connectivity index (χ4v) is 1.14. The van der Waals surface area contributed by atoms with E-state index >= 15 is 0 Å². The minimum absolute atomic E-state index is 0.645. The number of methoxy groups -OCH3 is 1. The Hall–Kier alpha value is -1.70. The quantitative estimate of drug-likeness (QED) is 0.541. The Morgan fingerprint density at radius 1 is 1.33 bits per heavy atom. The van der Waals surface area contributed by atoms with Crippen LogP contribution >= 0.6 is 0 Å². The molecule has 0 aliphatic rings. The predicted molar refractivity (Wildman–Crippen MR) is 62.8 cm³/mol. The molecule has 2 heteroatoms. The van der Waals surface area contributed by atoms with Crippen LogP contribution in [-0.4, -0.2) is 13.7 Å². The van der Waals surface area contributed by atoms with Crippen molar-refractivity contribution in [2.75, 3.05) is 13.7 Å². The lowest BCUT2D eigenvalue weighted by Gasteiger charge is -2.01. The smallest absolute Gasteiger partial charge is 0.118 e. The molecule has 1 aromatic carbocycles. The van der Waals surface area contributed by atoms with Gasteiger partial charge < -0.3 is 9.47 Å². The number of hydrogen-bond donors (Lipinski definition) is 0. The third kappa shape index (κ3) is 3.90. The molecule has 0 saturated carbocycles. The third-order valence-corrected chi connectivity index (χ3v) is 1.91. The van der Waals surface area contributed by atoms with Gasteiger partial charge in [-0.25, -0.2) is 0 Å². The molecule has 0 spiro atoms. The summed E-state index contributed by atoms with van der Waals surface area (Å²) in [6.45, 7) is 6.34. The molecule has 0 N–H and O–H groups in total. The maximum Gasteiger partial charge on any atom is 0.118 e. The van der Waals surface area contributed by atoms with Crippen molar-refractivity contribution in [3.05, 3.63) is 48.2 Å². The lowest BCUT2D eigenvalue weighted by atomic mass is 10.2. The van der Waals surface area contributed by atoms with Crippen molar-refractivity contribution in [3.8, 4) is 5.75 Å². The Kier molecular flexibility index (Phi) is 4.48. The first kappa shape index (κ1) is 11.4. The molecule has 80 valence electrons. The zero-order valence-corrected chi connectivity index (χ0v) is 9.19. The average molecular weight is 204 g/mol. The lowest BCUT2D eigenvalue weighted by molar-refractivity contribution is 0.244. The molecule has 0 aromatic heterocycles. The molecule has 0 aliphatic heterocycles. The minimum atomic E-state index is 0.645. The van der Waals surface area contributed by atoms with E-state index in [9.17, 15) is 0 Å². The summed E-state index contributed by atoms with van der Waals surface area (Å²) in [4.78, 5) is 0. The van der Waals surface area contributed by atoms with E-state index in [4.69, 9.17) is 9.47 Å². The van der Waals surface area contributed by atoms with Crippen LogP contribution < -0.4 is 4.74 Å². The summed E-state index contributed by atoms with van der Waals surface area (Å²) >= 11 is 0. The molecule has 0 atom stereocenters. The largest absolute Gasteiger partial charge is 0.497 e. The highest BCUT2D eigenvalue weighted by Gasteiger charge is 1.90. The monoisotopic (exact) mass is 204 g/mol. The van der Waals surface area contributed by atoms with Crippen LogP contribution in [0.1, 0.15) is 12.5 Å². The summed E-state index contributed by atoms with van der Waals surface area (Å²) in [5, 5.41) is 0. The van der Waals surface area contributed by atoms with Gasteiger partial charge in [-0.2, -0.15) is 0 Å². The Morgan fingerprint density at radius 3 is 2.53 bits per heavy atom. The van der Waals surface area contributed by atoms with Crippen LogP contribution in [0.15, 0.2) is 42.7 Å². The van der Waals surface area contributed by atoms with Gasteiger partial charge in [0.1, 0.15) is 11.5 Å². The highest BCUT2D eigenvalue weighted by molar-refractivity contribution is 5.52. The molecule has 0 amide bonds. The van der Waals surface area contributed by atoms with Crippen molar-refractivity contribution in [2.45, 2.75) is 6.92 Å². The van der Waals surface area contributed by atoms with Crippen LogP contribution in [0.25, 0.3) is 6.08 Å². The van der Waals surface area contributed by atoms with Crippen LogP contribution in [0.5, 0.6) is 5.75 Å². The summed E-state index contributed by atoms with van der Waals surface area (Å²) in [6, 6.07) is 7.80. The van der Waals surface area contributed by atoms with Gasteiger partial charge in [-0.3, -0.25) is 0 Å². The van der Waals surface area contributed by atoms with E-state index in [1.165, 1.54) is 0 Å². The molecule has 1 rings (SSSR count). The fourth-order valence-electron chi connectivity index (χ4n) is 1.14. The van der Waals surface area contributed by atoms with Crippen LogP contribution in [0.4, 0.5) is 0 Å². The molecule has 0 heterocycles. The molecule has 1 aromatic rings. The highest BCUT2D eigenvalue weighted by Crippen LogP contribution is 2.12. The standard InChI is InChI=1S/C13H16O2/c1-4-15-11(2)5-6-12-7-9-13(14-3)10-8-12/h5-10H,2,4H2,1,3H3/b6-5+. The average Bonchev–Trinajstić information content (AvgIpc) is 2.27. The van der Waals surface area contributed by atoms with E-state index in [0.29, 0.717) is 12.4 Å². The summed E-state index contributed by atoms with van der Waals surface area (Å²) < 4.78 is 10.3. The normalized spacial score (nSPS) is 10.3. The van der Waals surface area contributed by atoms with Gasteiger partial charge in [0.25, 0.3) is 0 Å². The lowest BCUT2D eigenvalue weighted by Crippen LogP contribution is -1.85. The van der Waals surface area contributed by atoms with Crippen molar-refractivity contribution in [1.82, 2.24) is 0 Å². The van der Waals surface area contributed by atoms with E-state index in [2.05, 4.69) is 6.58 Å². The summed E-state index contributed by atoms with van der Waals surface area (Å²) in [5.74, 6) is 1.53. The number of rotatable bonds is 5. The van der Waals surface area contributed by atoms with Crippen LogP contribution in [0, 0.1) is 0 Å². The molecule has 0 fully saturated rings. The van der Waals surface area contributed by atoms with E-state index in [0.717, 1.165) is 11.3 Å². The fraction of sp³-hybridized carbons (Fsp3) is 0.231. The maximum absolute atomic E-state index is 5.20. The van der Waals surface area contributed by atoms with E-state index < -0.39 is 0 Å². The second kappa shape index (κ2) is 5.91. The summed E-state index contributed by atoms with van der Waals surface area (Å²) in [6.07, 6.45) is 3.81. The Labute approximate surface area is 90.8 Å². The Balaban J connectivity index is 2.60. The first-order chi connectivity index (χ1) is 7.26. The van der Waals surface area contributed by atoms with Crippen molar-refractivity contribution in [3.63, 3.8) is 0 Å². The van der Waals surface area contributed by atoms with Crippen LogP contribution in [0.3, 0.4) is 0 Å². The third-order valence-electron chi connectivity index (χ3n) is 1.91. The second-order valence-electron chi connectivity index (χ2n) is 3.01. The van der Waals surface area contributed by atoms with Gasteiger partial charge in [0.05, 0.1) is 13.7 Å². The first-order valence-electron chi connectivity index (χ1n) is 4.90. The number of benzene rings is 1. The van der Waals surface area contributed by atoms with E-state index in [-0.39, 0.29) is 0 Å². The number of allylic oxidation sites excluding steroid dienone is 1. The Bertz CT molecular complexity index is 336. The van der Waals surface area contributed by atoms with Gasteiger partial charge in [0, 0.05) is 0 Å². The molecule has 0 aliphatic carbocycles. The molecule has 2 nitrogen and oxygen atoms in total. The van der Waals surface area contributed by atoms with Crippen LogP contribution in [-0.2, 0) is 4.74 Å². The van der Waals surface area contributed by atoms with Crippen LogP contribution in [0.2, 0.25) is 0 Å². The molecule has 15 heavy (non-hydrogen) atoms. The topological polar surface area (TPSA) is 18.5 Å². The summed E-state index contributed by atoms with van der Waals surface area (Å²) in [7, 11) is 1.65.